The largest absolute Gasteiger partial charge is 0.378 e. The van der Waals surface area contributed by atoms with Crippen LogP contribution in [0.4, 0.5) is 10.2 Å². The Morgan fingerprint density at radius 1 is 1.29 bits per heavy atom. The molecule has 6 nitrogen and oxygen atoms in total. The van der Waals surface area contributed by atoms with Gasteiger partial charge in [-0.2, -0.15) is 5.10 Å². The Kier molecular flexibility index (Phi) is 3.74. The summed E-state index contributed by atoms with van der Waals surface area (Å²) >= 11 is 0. The number of anilines is 1. The Morgan fingerprint density at radius 2 is 2.19 bits per heavy atom. The molecule has 2 aromatic heterocycles. The minimum atomic E-state index is -0.315. The first-order valence-corrected chi connectivity index (χ1v) is 6.42. The fourth-order valence-corrected chi connectivity index (χ4v) is 2.07. The van der Waals surface area contributed by atoms with Crippen molar-refractivity contribution in [1.29, 1.82) is 0 Å². The highest BCUT2D eigenvalue weighted by atomic mass is 19.1. The zero-order valence-corrected chi connectivity index (χ0v) is 11.4. The van der Waals surface area contributed by atoms with E-state index in [1.165, 1.54) is 18.5 Å². The van der Waals surface area contributed by atoms with E-state index in [-0.39, 0.29) is 5.82 Å². The number of nitrogens with zero attached hydrogens (tertiary/aromatic N) is 3. The number of hydrogen-bond donors (Lipinski definition) is 2. The van der Waals surface area contributed by atoms with Crippen molar-refractivity contribution >= 4 is 16.7 Å². The summed E-state index contributed by atoms with van der Waals surface area (Å²) in [6, 6.07) is 6.36. The first-order valence-electron chi connectivity index (χ1n) is 6.42. The molecular weight excluding hydrogens is 273 g/mol. The minimum Gasteiger partial charge on any atom is -0.378 e. The number of nitrogens with one attached hydrogen (secondary N) is 2. The average Bonchev–Trinajstić information content (AvgIpc) is 2.93. The van der Waals surface area contributed by atoms with Crippen LogP contribution >= 0.6 is 0 Å². The second-order valence-electron chi connectivity index (χ2n) is 4.55. The first kappa shape index (κ1) is 13.4. The Balaban J connectivity index is 1.78. The molecule has 2 heterocycles. The number of ether oxygens (including phenoxy) is 1. The third kappa shape index (κ3) is 2.97. The molecule has 0 amide bonds. The maximum atomic E-state index is 13.2. The lowest BCUT2D eigenvalue weighted by molar-refractivity contribution is 0.181. The molecule has 0 aliphatic rings. The molecule has 1 aromatic carbocycles. The van der Waals surface area contributed by atoms with Gasteiger partial charge in [-0.3, -0.25) is 5.10 Å². The van der Waals surface area contributed by atoms with E-state index in [2.05, 4.69) is 25.5 Å². The minimum absolute atomic E-state index is 0.315. The van der Waals surface area contributed by atoms with Gasteiger partial charge in [0.05, 0.1) is 30.1 Å². The Hall–Kier alpha value is -2.54. The number of benzene rings is 1. The van der Waals surface area contributed by atoms with Gasteiger partial charge in [0.15, 0.2) is 0 Å². The molecule has 21 heavy (non-hydrogen) atoms. The van der Waals surface area contributed by atoms with Gasteiger partial charge >= 0.3 is 0 Å². The Bertz CT molecular complexity index is 758. The summed E-state index contributed by atoms with van der Waals surface area (Å²) in [5, 5.41) is 11.0. The Morgan fingerprint density at radius 3 is 3.05 bits per heavy atom. The molecule has 2 N–H and O–H groups in total. The molecule has 0 radical (unpaired) electrons. The van der Waals surface area contributed by atoms with Gasteiger partial charge in [0.2, 0.25) is 0 Å². The second-order valence-corrected chi connectivity index (χ2v) is 4.55. The zero-order chi connectivity index (χ0) is 14.7. The van der Waals surface area contributed by atoms with Crippen LogP contribution in [-0.2, 0) is 17.9 Å². The molecular formula is C14H14FN5O. The van der Waals surface area contributed by atoms with E-state index in [1.807, 2.05) is 6.07 Å². The van der Waals surface area contributed by atoms with Crippen LogP contribution in [-0.4, -0.2) is 27.3 Å². The smallest absolute Gasteiger partial charge is 0.137 e. The molecule has 7 heteroatoms. The average molecular weight is 287 g/mol. The van der Waals surface area contributed by atoms with Crippen molar-refractivity contribution < 1.29 is 9.13 Å². The van der Waals surface area contributed by atoms with Crippen LogP contribution < -0.4 is 5.32 Å². The highest BCUT2D eigenvalue weighted by molar-refractivity contribution is 5.88. The van der Waals surface area contributed by atoms with Crippen molar-refractivity contribution in [1.82, 2.24) is 20.2 Å². The summed E-state index contributed by atoms with van der Waals surface area (Å²) in [5.74, 6) is 0.341. The van der Waals surface area contributed by atoms with Crippen molar-refractivity contribution in [2.75, 3.05) is 12.4 Å². The number of hydrogen-bond acceptors (Lipinski definition) is 5. The van der Waals surface area contributed by atoms with E-state index in [4.69, 9.17) is 4.74 Å². The molecule has 0 aliphatic carbocycles. The molecule has 0 spiro atoms. The van der Waals surface area contributed by atoms with Crippen molar-refractivity contribution in [3.8, 4) is 0 Å². The van der Waals surface area contributed by atoms with Crippen LogP contribution in [0, 0.1) is 5.82 Å². The maximum absolute atomic E-state index is 13.2. The van der Waals surface area contributed by atoms with E-state index in [1.54, 1.807) is 13.2 Å². The first-order chi connectivity index (χ1) is 10.3. The van der Waals surface area contributed by atoms with Crippen LogP contribution in [0.3, 0.4) is 0 Å². The zero-order valence-electron chi connectivity index (χ0n) is 11.4. The van der Waals surface area contributed by atoms with Crippen molar-refractivity contribution in [2.45, 2.75) is 13.2 Å². The number of aromatic nitrogens is 4. The monoisotopic (exact) mass is 287 g/mol. The van der Waals surface area contributed by atoms with Gasteiger partial charge in [0.1, 0.15) is 18.0 Å². The second kappa shape index (κ2) is 5.84. The maximum Gasteiger partial charge on any atom is 0.137 e. The van der Waals surface area contributed by atoms with Crippen LogP contribution in [0.2, 0.25) is 0 Å². The van der Waals surface area contributed by atoms with Crippen molar-refractivity contribution in [3.05, 3.63) is 47.8 Å². The number of H-pyrrole nitrogens is 1. The highest BCUT2D eigenvalue weighted by Crippen LogP contribution is 2.20. The normalized spacial score (nSPS) is 11.0. The molecule has 0 bridgehead atoms. The van der Waals surface area contributed by atoms with Crippen LogP contribution in [0.15, 0.2) is 30.6 Å². The molecule has 0 saturated heterocycles. The van der Waals surface area contributed by atoms with E-state index in [0.29, 0.717) is 24.5 Å². The fourth-order valence-electron chi connectivity index (χ4n) is 2.07. The van der Waals surface area contributed by atoms with Crippen molar-refractivity contribution in [2.24, 2.45) is 0 Å². The van der Waals surface area contributed by atoms with Gasteiger partial charge in [-0.25, -0.2) is 14.4 Å². The molecule has 108 valence electrons. The predicted octanol–water partition coefficient (Wildman–Crippen LogP) is 2.25. The van der Waals surface area contributed by atoms with E-state index < -0.39 is 0 Å². The third-order valence-electron chi connectivity index (χ3n) is 3.02. The number of aromatic amines is 1. The number of rotatable bonds is 5. The summed E-state index contributed by atoms with van der Waals surface area (Å²) in [5.41, 5.74) is 2.32. The molecule has 0 fully saturated rings. The lowest BCUT2D eigenvalue weighted by Crippen LogP contribution is -2.03. The fraction of sp³-hybridized carbons (Fsp3) is 0.214. The summed E-state index contributed by atoms with van der Waals surface area (Å²) in [6.45, 7) is 0.992. The van der Waals surface area contributed by atoms with Crippen molar-refractivity contribution in [3.63, 3.8) is 0 Å². The van der Waals surface area contributed by atoms with Gasteiger partial charge in [0, 0.05) is 18.6 Å². The predicted molar refractivity (Wildman–Crippen MR) is 76.1 cm³/mol. The summed E-state index contributed by atoms with van der Waals surface area (Å²) in [7, 11) is 1.62. The van der Waals surface area contributed by atoms with Crippen LogP contribution in [0.25, 0.3) is 10.9 Å². The quantitative estimate of drug-likeness (QED) is 0.752. The molecule has 0 aliphatic heterocycles. The number of halogens is 1. The van der Waals surface area contributed by atoms with Gasteiger partial charge in [0.25, 0.3) is 0 Å². The lowest BCUT2D eigenvalue weighted by Gasteiger charge is -2.06. The van der Waals surface area contributed by atoms with Gasteiger partial charge in [-0.15, -0.1) is 0 Å². The molecule has 3 rings (SSSR count). The summed E-state index contributed by atoms with van der Waals surface area (Å²) in [4.78, 5) is 8.25. The highest BCUT2D eigenvalue weighted by Gasteiger charge is 2.06. The van der Waals surface area contributed by atoms with Gasteiger partial charge in [-0.05, 0) is 18.2 Å². The molecule has 0 unspecified atom stereocenters. The molecule has 0 saturated carbocycles. The van der Waals surface area contributed by atoms with Crippen LogP contribution in [0.5, 0.6) is 0 Å². The SMILES string of the molecule is COCc1cc(CNc2ncnc3cc(F)ccc23)[nH]n1. The number of methoxy groups -OCH3 is 1. The topological polar surface area (TPSA) is 75.7 Å². The van der Waals surface area contributed by atoms with E-state index >= 15 is 0 Å². The summed E-state index contributed by atoms with van der Waals surface area (Å²) < 4.78 is 18.2. The Labute approximate surface area is 120 Å². The lowest BCUT2D eigenvalue weighted by atomic mass is 10.2. The van der Waals surface area contributed by atoms with E-state index in [9.17, 15) is 4.39 Å². The molecule has 3 aromatic rings. The van der Waals surface area contributed by atoms with Crippen LogP contribution in [0.1, 0.15) is 11.4 Å². The van der Waals surface area contributed by atoms with Gasteiger partial charge in [-0.1, -0.05) is 0 Å². The van der Waals surface area contributed by atoms with Gasteiger partial charge < -0.3 is 10.1 Å². The summed E-state index contributed by atoms with van der Waals surface area (Å²) in [6.07, 6.45) is 1.41. The molecule has 0 atom stereocenters. The van der Waals surface area contributed by atoms with E-state index in [0.717, 1.165) is 16.8 Å². The number of fused-ring (bicyclic) bond motifs is 1. The standard InChI is InChI=1S/C14H14FN5O/c1-21-7-11-5-10(19-20-11)6-16-14-12-3-2-9(15)4-13(12)17-8-18-14/h2-5,8H,6-7H2,1H3,(H,19,20)(H,16,17,18). The third-order valence-corrected chi connectivity index (χ3v) is 3.02.